The summed E-state index contributed by atoms with van der Waals surface area (Å²) in [6, 6.07) is 6.93. The molecule has 0 heterocycles. The van der Waals surface area contributed by atoms with Crippen LogP contribution in [0.2, 0.25) is 0 Å². The van der Waals surface area contributed by atoms with Gasteiger partial charge in [-0.3, -0.25) is 0 Å². The van der Waals surface area contributed by atoms with Crippen LogP contribution >= 0.6 is 0 Å². The second-order valence-electron chi connectivity index (χ2n) is 4.49. The first-order chi connectivity index (χ1) is 9.02. The summed E-state index contributed by atoms with van der Waals surface area (Å²) in [7, 11) is 0. The number of carbonyl (C=O) groups excluding carboxylic acids is 1. The Balaban J connectivity index is 2.48. The summed E-state index contributed by atoms with van der Waals surface area (Å²) < 4.78 is 5.52. The molecular weight excluding hydrogens is 244 g/mol. The summed E-state index contributed by atoms with van der Waals surface area (Å²) in [6.45, 7) is 6.49. The van der Waals surface area contributed by atoms with Gasteiger partial charge in [-0.05, 0) is 38.5 Å². The van der Waals surface area contributed by atoms with Crippen LogP contribution in [0.3, 0.4) is 0 Å². The number of urea groups is 1. The Morgan fingerprint density at radius 3 is 2.42 bits per heavy atom. The zero-order valence-corrected chi connectivity index (χ0v) is 11.6. The lowest BCUT2D eigenvalue weighted by Crippen LogP contribution is -2.37. The maximum absolute atomic E-state index is 11.2. The van der Waals surface area contributed by atoms with Gasteiger partial charge in [0.2, 0.25) is 0 Å². The van der Waals surface area contributed by atoms with Gasteiger partial charge in [-0.1, -0.05) is 12.1 Å². The van der Waals surface area contributed by atoms with Gasteiger partial charge in [0.25, 0.3) is 0 Å². The fraction of sp³-hybridized carbons (Fsp3) is 0.500. The molecule has 0 aromatic heterocycles. The lowest BCUT2D eigenvalue weighted by atomic mass is 10.1. The maximum Gasteiger partial charge on any atom is 0.314 e. The van der Waals surface area contributed by atoms with Gasteiger partial charge in [-0.25, -0.2) is 4.79 Å². The van der Waals surface area contributed by atoms with E-state index in [1.54, 1.807) is 12.1 Å². The van der Waals surface area contributed by atoms with Gasteiger partial charge in [0.05, 0.1) is 12.2 Å². The van der Waals surface area contributed by atoms with Crippen molar-refractivity contribution in [1.82, 2.24) is 10.6 Å². The molecule has 1 rings (SSSR count). The predicted molar refractivity (Wildman–Crippen MR) is 74.2 cm³/mol. The summed E-state index contributed by atoms with van der Waals surface area (Å²) in [5, 5.41) is 15.1. The Labute approximate surface area is 114 Å². The summed E-state index contributed by atoms with van der Waals surface area (Å²) in [5.74, 6) is 0.766. The maximum atomic E-state index is 11.2. The molecule has 0 saturated carbocycles. The van der Waals surface area contributed by atoms with Crippen LogP contribution in [0.5, 0.6) is 5.75 Å². The van der Waals surface area contributed by atoms with Crippen molar-refractivity contribution in [1.29, 1.82) is 0 Å². The van der Waals surface area contributed by atoms with E-state index in [9.17, 15) is 9.90 Å². The highest BCUT2D eigenvalue weighted by molar-refractivity contribution is 5.73. The van der Waals surface area contributed by atoms with Gasteiger partial charge in [-0.2, -0.15) is 0 Å². The van der Waals surface area contributed by atoms with Gasteiger partial charge in [0.15, 0.2) is 0 Å². The number of amides is 2. The highest BCUT2D eigenvalue weighted by Crippen LogP contribution is 2.18. The van der Waals surface area contributed by atoms with E-state index in [1.807, 2.05) is 32.9 Å². The van der Waals surface area contributed by atoms with Crippen molar-refractivity contribution in [2.75, 3.05) is 13.1 Å². The average molecular weight is 266 g/mol. The van der Waals surface area contributed by atoms with E-state index in [1.165, 1.54) is 0 Å². The number of ether oxygens (including phenoxy) is 1. The number of aliphatic hydroxyl groups excluding tert-OH is 1. The first-order valence-corrected chi connectivity index (χ1v) is 6.49. The van der Waals surface area contributed by atoms with Crippen molar-refractivity contribution >= 4 is 6.03 Å². The number of carbonyl (C=O) groups is 1. The Kier molecular flexibility index (Phi) is 6.15. The molecule has 0 fully saturated rings. The van der Waals surface area contributed by atoms with Gasteiger partial charge in [-0.15, -0.1) is 0 Å². The molecule has 5 nitrogen and oxygen atoms in total. The highest BCUT2D eigenvalue weighted by atomic mass is 16.5. The highest BCUT2D eigenvalue weighted by Gasteiger charge is 2.09. The van der Waals surface area contributed by atoms with Crippen molar-refractivity contribution in [3.05, 3.63) is 29.8 Å². The van der Waals surface area contributed by atoms with Crippen molar-refractivity contribution in [2.45, 2.75) is 33.0 Å². The van der Waals surface area contributed by atoms with Crippen LogP contribution in [0.1, 0.15) is 32.4 Å². The van der Waals surface area contributed by atoms with Crippen molar-refractivity contribution in [3.8, 4) is 5.75 Å². The molecule has 1 unspecified atom stereocenters. The minimum atomic E-state index is -0.726. The number of aliphatic hydroxyl groups is 1. The molecule has 1 aromatic rings. The van der Waals surface area contributed by atoms with Crippen LogP contribution in [0, 0.1) is 0 Å². The van der Waals surface area contributed by atoms with Crippen LogP contribution in [-0.4, -0.2) is 30.3 Å². The van der Waals surface area contributed by atoms with Crippen LogP contribution in [-0.2, 0) is 0 Å². The summed E-state index contributed by atoms with van der Waals surface area (Å²) in [4.78, 5) is 11.2. The largest absolute Gasteiger partial charge is 0.491 e. The fourth-order valence-electron chi connectivity index (χ4n) is 1.57. The molecule has 19 heavy (non-hydrogen) atoms. The van der Waals surface area contributed by atoms with E-state index in [0.29, 0.717) is 6.54 Å². The molecule has 1 atom stereocenters. The van der Waals surface area contributed by atoms with E-state index in [-0.39, 0.29) is 18.7 Å². The van der Waals surface area contributed by atoms with E-state index in [4.69, 9.17) is 4.74 Å². The second-order valence-corrected chi connectivity index (χ2v) is 4.49. The first kappa shape index (κ1) is 15.3. The second kappa shape index (κ2) is 7.63. The monoisotopic (exact) mass is 266 g/mol. The van der Waals surface area contributed by atoms with E-state index < -0.39 is 6.10 Å². The molecule has 0 radical (unpaired) electrons. The van der Waals surface area contributed by atoms with Crippen LogP contribution < -0.4 is 15.4 Å². The third-order valence-corrected chi connectivity index (χ3v) is 2.43. The molecule has 0 spiro atoms. The number of hydrogen-bond acceptors (Lipinski definition) is 3. The number of hydrogen-bond donors (Lipinski definition) is 3. The SMILES string of the molecule is CCNC(=O)NCC(O)c1ccc(OC(C)C)cc1. The molecule has 3 N–H and O–H groups in total. The van der Waals surface area contributed by atoms with Crippen LogP contribution in [0.25, 0.3) is 0 Å². The molecular formula is C14H22N2O3. The Morgan fingerprint density at radius 1 is 1.26 bits per heavy atom. The predicted octanol–water partition coefficient (Wildman–Crippen LogP) is 1.83. The smallest absolute Gasteiger partial charge is 0.314 e. The molecule has 106 valence electrons. The lowest BCUT2D eigenvalue weighted by Gasteiger charge is -2.14. The molecule has 0 saturated heterocycles. The van der Waals surface area contributed by atoms with Gasteiger partial charge in [0, 0.05) is 13.1 Å². The van der Waals surface area contributed by atoms with Crippen molar-refractivity contribution in [3.63, 3.8) is 0 Å². The Hall–Kier alpha value is -1.75. The first-order valence-electron chi connectivity index (χ1n) is 6.49. The normalized spacial score (nSPS) is 12.1. The number of nitrogens with one attached hydrogen (secondary N) is 2. The Bertz CT molecular complexity index is 390. The topological polar surface area (TPSA) is 70.6 Å². The third-order valence-electron chi connectivity index (χ3n) is 2.43. The zero-order chi connectivity index (χ0) is 14.3. The molecule has 2 amide bonds. The molecule has 1 aromatic carbocycles. The molecule has 0 aliphatic carbocycles. The third kappa shape index (κ3) is 5.61. The summed E-state index contributed by atoms with van der Waals surface area (Å²) in [6.07, 6.45) is -0.606. The van der Waals surface area contributed by atoms with Gasteiger partial charge < -0.3 is 20.5 Å². The van der Waals surface area contributed by atoms with Gasteiger partial charge in [0.1, 0.15) is 5.75 Å². The quantitative estimate of drug-likeness (QED) is 0.735. The minimum Gasteiger partial charge on any atom is -0.491 e. The minimum absolute atomic E-state index is 0.121. The van der Waals surface area contributed by atoms with Crippen LogP contribution in [0.15, 0.2) is 24.3 Å². The number of rotatable bonds is 6. The van der Waals surface area contributed by atoms with E-state index >= 15 is 0 Å². The molecule has 5 heteroatoms. The lowest BCUT2D eigenvalue weighted by molar-refractivity contribution is 0.173. The average Bonchev–Trinajstić information content (AvgIpc) is 2.36. The molecule has 0 aliphatic heterocycles. The van der Waals surface area contributed by atoms with Crippen molar-refractivity contribution in [2.24, 2.45) is 0 Å². The van der Waals surface area contributed by atoms with Crippen LogP contribution in [0.4, 0.5) is 4.79 Å². The number of benzene rings is 1. The zero-order valence-electron chi connectivity index (χ0n) is 11.6. The molecule has 0 aliphatic rings. The Morgan fingerprint density at radius 2 is 1.89 bits per heavy atom. The van der Waals surface area contributed by atoms with E-state index in [2.05, 4.69) is 10.6 Å². The van der Waals surface area contributed by atoms with Gasteiger partial charge >= 0.3 is 6.03 Å². The standard InChI is InChI=1S/C14H22N2O3/c1-4-15-14(18)16-9-13(17)11-5-7-12(8-6-11)19-10(2)3/h5-8,10,13,17H,4,9H2,1-3H3,(H2,15,16,18). The van der Waals surface area contributed by atoms with E-state index in [0.717, 1.165) is 11.3 Å². The summed E-state index contributed by atoms with van der Waals surface area (Å²) >= 11 is 0. The fourth-order valence-corrected chi connectivity index (χ4v) is 1.57. The summed E-state index contributed by atoms with van der Waals surface area (Å²) in [5.41, 5.74) is 0.743. The molecule has 0 bridgehead atoms. The van der Waals surface area contributed by atoms with Crippen molar-refractivity contribution < 1.29 is 14.6 Å².